The van der Waals surface area contributed by atoms with Crippen LogP contribution >= 0.6 is 0 Å². The summed E-state index contributed by atoms with van der Waals surface area (Å²) >= 11 is 0. The first-order valence-electron chi connectivity index (χ1n) is 6.48. The summed E-state index contributed by atoms with van der Waals surface area (Å²) in [5.41, 5.74) is 1.97. The molecule has 0 aromatic heterocycles. The molecule has 1 aliphatic carbocycles. The van der Waals surface area contributed by atoms with Gasteiger partial charge in [-0.25, -0.2) is 0 Å². The minimum atomic E-state index is -0.205. The minimum Gasteiger partial charge on any atom is -0.504 e. The van der Waals surface area contributed by atoms with Crippen molar-refractivity contribution in [2.75, 3.05) is 5.32 Å². The summed E-state index contributed by atoms with van der Waals surface area (Å²) in [6, 6.07) is 4.40. The fourth-order valence-electron chi connectivity index (χ4n) is 2.41. The van der Waals surface area contributed by atoms with Crippen molar-refractivity contribution in [3.8, 4) is 11.5 Å². The molecule has 2 rings (SSSR count). The van der Waals surface area contributed by atoms with Crippen molar-refractivity contribution in [1.29, 1.82) is 0 Å². The standard InChI is InChI=1S/C16H19NO3/c1-10-7-16(2,3)8-15(20)12(10)9-17-11-4-5-13(18)14(19)6-11/h4-6,9,17-19H,1,7-8H2,2-3H3/b12-9-. The van der Waals surface area contributed by atoms with Gasteiger partial charge in [-0.2, -0.15) is 0 Å². The van der Waals surface area contributed by atoms with Gasteiger partial charge in [0.15, 0.2) is 17.3 Å². The predicted molar refractivity (Wildman–Crippen MR) is 78.6 cm³/mol. The molecule has 0 amide bonds. The fraction of sp³-hybridized carbons (Fsp3) is 0.312. The topological polar surface area (TPSA) is 69.6 Å². The largest absolute Gasteiger partial charge is 0.504 e. The number of hydrogen-bond acceptors (Lipinski definition) is 4. The molecule has 1 aromatic rings. The van der Waals surface area contributed by atoms with Gasteiger partial charge >= 0.3 is 0 Å². The summed E-state index contributed by atoms with van der Waals surface area (Å²) in [6.45, 7) is 8.07. The molecule has 106 valence electrons. The lowest BCUT2D eigenvalue weighted by Gasteiger charge is -2.31. The highest BCUT2D eigenvalue weighted by Crippen LogP contribution is 2.38. The summed E-state index contributed by atoms with van der Waals surface area (Å²) in [7, 11) is 0. The van der Waals surface area contributed by atoms with E-state index >= 15 is 0 Å². The molecule has 0 saturated heterocycles. The summed E-state index contributed by atoms with van der Waals surface area (Å²) in [5.74, 6) is -0.312. The zero-order valence-electron chi connectivity index (χ0n) is 11.7. The Balaban J connectivity index is 2.17. The van der Waals surface area contributed by atoms with E-state index in [-0.39, 0.29) is 22.7 Å². The maximum absolute atomic E-state index is 12.1. The number of Topliss-reactive ketones (excluding diaryl/α,β-unsaturated/α-hetero) is 1. The van der Waals surface area contributed by atoms with Crippen LogP contribution in [0.1, 0.15) is 26.7 Å². The van der Waals surface area contributed by atoms with Crippen LogP contribution in [-0.4, -0.2) is 16.0 Å². The number of carbonyl (C=O) groups excluding carboxylic acids is 1. The zero-order chi connectivity index (χ0) is 14.9. The Labute approximate surface area is 118 Å². The summed E-state index contributed by atoms with van der Waals surface area (Å²) in [6.07, 6.45) is 2.90. The second-order valence-corrected chi connectivity index (χ2v) is 5.95. The maximum Gasteiger partial charge on any atom is 0.165 e. The molecule has 4 nitrogen and oxygen atoms in total. The van der Waals surface area contributed by atoms with Crippen LogP contribution in [0.25, 0.3) is 0 Å². The van der Waals surface area contributed by atoms with Gasteiger partial charge in [0.2, 0.25) is 0 Å². The molecule has 1 aliphatic rings. The minimum absolute atomic E-state index is 0.0394. The van der Waals surface area contributed by atoms with Crippen LogP contribution in [0.5, 0.6) is 11.5 Å². The molecule has 4 heteroatoms. The van der Waals surface area contributed by atoms with E-state index in [4.69, 9.17) is 0 Å². The Bertz CT molecular complexity index is 578. The number of hydrogen-bond donors (Lipinski definition) is 3. The van der Waals surface area contributed by atoms with Gasteiger partial charge in [-0.3, -0.25) is 4.79 Å². The second kappa shape index (κ2) is 5.04. The number of ketones is 1. The third-order valence-corrected chi connectivity index (χ3v) is 3.37. The lowest BCUT2D eigenvalue weighted by Crippen LogP contribution is -2.26. The van der Waals surface area contributed by atoms with Crippen LogP contribution in [-0.2, 0) is 4.79 Å². The molecule has 0 aliphatic heterocycles. The first-order chi connectivity index (χ1) is 9.28. The van der Waals surface area contributed by atoms with Crippen LogP contribution in [0.15, 0.2) is 42.1 Å². The zero-order valence-corrected chi connectivity index (χ0v) is 11.7. The highest BCUT2D eigenvalue weighted by atomic mass is 16.3. The number of phenols is 2. The van der Waals surface area contributed by atoms with Crippen LogP contribution in [0.2, 0.25) is 0 Å². The number of anilines is 1. The number of rotatable bonds is 2. The van der Waals surface area contributed by atoms with Gasteiger partial charge in [0, 0.05) is 29.9 Å². The Morgan fingerprint density at radius 1 is 1.25 bits per heavy atom. The monoisotopic (exact) mass is 273 g/mol. The van der Waals surface area contributed by atoms with Crippen molar-refractivity contribution in [3.05, 3.63) is 42.1 Å². The Kier molecular flexibility index (Phi) is 3.57. The lowest BCUT2D eigenvalue weighted by molar-refractivity contribution is -0.118. The van der Waals surface area contributed by atoms with Crippen LogP contribution in [0.3, 0.4) is 0 Å². The second-order valence-electron chi connectivity index (χ2n) is 5.95. The smallest absolute Gasteiger partial charge is 0.165 e. The van der Waals surface area contributed by atoms with Crippen molar-refractivity contribution in [3.63, 3.8) is 0 Å². The molecule has 0 atom stereocenters. The van der Waals surface area contributed by atoms with Gasteiger partial charge in [0.1, 0.15) is 0 Å². The molecule has 1 fully saturated rings. The predicted octanol–water partition coefficient (Wildman–Crippen LogP) is 3.34. The SMILES string of the molecule is C=C1CC(C)(C)CC(=O)/C1=C\Nc1ccc(O)c(O)c1. The summed E-state index contributed by atoms with van der Waals surface area (Å²) in [5, 5.41) is 21.6. The Morgan fingerprint density at radius 2 is 1.95 bits per heavy atom. The van der Waals surface area contributed by atoms with E-state index in [9.17, 15) is 15.0 Å². The number of nitrogens with one attached hydrogen (secondary N) is 1. The third-order valence-electron chi connectivity index (χ3n) is 3.37. The molecule has 20 heavy (non-hydrogen) atoms. The van der Waals surface area contributed by atoms with Gasteiger partial charge in [0.05, 0.1) is 0 Å². The molecule has 1 aromatic carbocycles. The summed E-state index contributed by atoms with van der Waals surface area (Å²) in [4.78, 5) is 12.1. The van der Waals surface area contributed by atoms with Gasteiger partial charge in [-0.05, 0) is 29.5 Å². The van der Waals surface area contributed by atoms with Crippen molar-refractivity contribution in [2.45, 2.75) is 26.7 Å². The highest BCUT2D eigenvalue weighted by molar-refractivity contribution is 6.01. The maximum atomic E-state index is 12.1. The molecule has 0 bridgehead atoms. The average Bonchev–Trinajstić information content (AvgIpc) is 2.31. The van der Waals surface area contributed by atoms with E-state index in [1.165, 1.54) is 12.1 Å². The molecule has 0 radical (unpaired) electrons. The first-order valence-corrected chi connectivity index (χ1v) is 6.48. The number of phenolic OH excluding ortho intramolecular Hbond substituents is 2. The molecule has 1 saturated carbocycles. The van der Waals surface area contributed by atoms with E-state index in [2.05, 4.69) is 25.7 Å². The van der Waals surface area contributed by atoms with Crippen molar-refractivity contribution < 1.29 is 15.0 Å². The van der Waals surface area contributed by atoms with Gasteiger partial charge in [0.25, 0.3) is 0 Å². The quantitative estimate of drug-likeness (QED) is 0.439. The molecular weight excluding hydrogens is 254 g/mol. The van der Waals surface area contributed by atoms with Gasteiger partial charge in [-0.15, -0.1) is 0 Å². The van der Waals surface area contributed by atoms with E-state index in [1.54, 1.807) is 12.3 Å². The molecule has 3 N–H and O–H groups in total. The molecular formula is C16H19NO3. The van der Waals surface area contributed by atoms with Crippen LogP contribution in [0, 0.1) is 5.41 Å². The van der Waals surface area contributed by atoms with Crippen molar-refractivity contribution in [2.24, 2.45) is 5.41 Å². The van der Waals surface area contributed by atoms with Gasteiger partial charge < -0.3 is 15.5 Å². The Morgan fingerprint density at radius 3 is 2.55 bits per heavy atom. The average molecular weight is 273 g/mol. The first kappa shape index (κ1) is 14.2. The Hall–Kier alpha value is -2.23. The van der Waals surface area contributed by atoms with Gasteiger partial charge in [-0.1, -0.05) is 20.4 Å². The number of aromatic hydroxyl groups is 2. The molecule has 0 unspecified atom stereocenters. The lowest BCUT2D eigenvalue weighted by atomic mass is 9.73. The van der Waals surface area contributed by atoms with E-state index in [0.29, 0.717) is 17.7 Å². The van der Waals surface area contributed by atoms with Crippen molar-refractivity contribution >= 4 is 11.5 Å². The van der Waals surface area contributed by atoms with Crippen LogP contribution < -0.4 is 5.32 Å². The number of allylic oxidation sites excluding steroid dienone is 2. The van der Waals surface area contributed by atoms with E-state index in [1.807, 2.05) is 0 Å². The number of carbonyl (C=O) groups is 1. The van der Waals surface area contributed by atoms with Crippen LogP contribution in [0.4, 0.5) is 5.69 Å². The third kappa shape index (κ3) is 3.02. The molecule has 0 heterocycles. The fourth-order valence-corrected chi connectivity index (χ4v) is 2.41. The highest BCUT2D eigenvalue weighted by Gasteiger charge is 2.31. The van der Waals surface area contributed by atoms with E-state index < -0.39 is 0 Å². The number of benzene rings is 1. The summed E-state index contributed by atoms with van der Waals surface area (Å²) < 4.78 is 0. The van der Waals surface area contributed by atoms with E-state index in [0.717, 1.165) is 12.0 Å². The molecule has 0 spiro atoms. The van der Waals surface area contributed by atoms with Crippen molar-refractivity contribution in [1.82, 2.24) is 0 Å². The normalized spacial score (nSPS) is 20.2.